The molecule has 3 N–H and O–H groups in total. The van der Waals surface area contributed by atoms with Gasteiger partial charge in [-0.05, 0) is 17.0 Å². The van der Waals surface area contributed by atoms with Crippen molar-refractivity contribution in [2.45, 2.75) is 10.8 Å². The Labute approximate surface area is 117 Å². The van der Waals surface area contributed by atoms with E-state index >= 15 is 0 Å². The molecular weight excluding hydrogens is 313 g/mol. The second-order valence-corrected chi connectivity index (χ2v) is 6.65. The molecule has 1 heterocycles. The lowest BCUT2D eigenvalue weighted by molar-refractivity contribution is 0.547. The lowest BCUT2D eigenvalue weighted by Crippen LogP contribution is -2.14. The van der Waals surface area contributed by atoms with E-state index in [1.165, 1.54) is 11.4 Å². The maximum atomic E-state index is 13.4. The van der Waals surface area contributed by atoms with Gasteiger partial charge in [0.2, 0.25) is 0 Å². The number of hydrogen-bond acceptors (Lipinski definition) is 4. The fourth-order valence-corrected chi connectivity index (χ4v) is 3.72. The number of rotatable bonds is 4. The molecule has 2 aromatic rings. The molecule has 0 radical (unpaired) electrons. The van der Waals surface area contributed by atoms with Gasteiger partial charge in [0.1, 0.15) is 15.7 Å². The Morgan fingerprint density at radius 3 is 2.25 bits per heavy atom. The Morgan fingerprint density at radius 2 is 1.75 bits per heavy atom. The highest BCUT2D eigenvalue weighted by Crippen LogP contribution is 2.26. The first-order valence-corrected chi connectivity index (χ1v) is 7.64. The lowest BCUT2D eigenvalue weighted by Gasteiger charge is -2.08. The van der Waals surface area contributed by atoms with Crippen molar-refractivity contribution >= 4 is 27.0 Å². The van der Waals surface area contributed by atoms with Crippen molar-refractivity contribution in [3.63, 3.8) is 0 Å². The SMILES string of the molecule is NCc1csc(S(=O)(=O)Nc2c(F)cc(F)cc2F)c1. The predicted molar refractivity (Wildman–Crippen MR) is 69.3 cm³/mol. The highest BCUT2D eigenvalue weighted by molar-refractivity contribution is 7.94. The zero-order valence-electron chi connectivity index (χ0n) is 9.86. The third-order valence-corrected chi connectivity index (χ3v) is 5.21. The second-order valence-electron chi connectivity index (χ2n) is 3.83. The smallest absolute Gasteiger partial charge is 0.271 e. The number of anilines is 1. The predicted octanol–water partition coefficient (Wildman–Crippen LogP) is 2.42. The third kappa shape index (κ3) is 2.94. The van der Waals surface area contributed by atoms with E-state index in [9.17, 15) is 21.6 Å². The van der Waals surface area contributed by atoms with Crippen molar-refractivity contribution in [1.82, 2.24) is 0 Å². The normalized spacial score (nSPS) is 11.6. The highest BCUT2D eigenvalue weighted by atomic mass is 32.2. The van der Waals surface area contributed by atoms with Crippen LogP contribution in [0.5, 0.6) is 0 Å². The van der Waals surface area contributed by atoms with E-state index in [2.05, 4.69) is 0 Å². The number of thiophene rings is 1. The first-order chi connectivity index (χ1) is 9.33. The minimum Gasteiger partial charge on any atom is -0.326 e. The van der Waals surface area contributed by atoms with Gasteiger partial charge < -0.3 is 5.73 Å². The minimum atomic E-state index is -4.15. The maximum absolute atomic E-state index is 13.4. The summed E-state index contributed by atoms with van der Waals surface area (Å²) >= 11 is 0.866. The van der Waals surface area contributed by atoms with Crippen molar-refractivity contribution in [1.29, 1.82) is 0 Å². The number of halogens is 3. The molecule has 0 amide bonds. The van der Waals surface area contributed by atoms with Crippen molar-refractivity contribution in [2.24, 2.45) is 5.73 Å². The molecule has 0 aliphatic heterocycles. The number of hydrogen-bond donors (Lipinski definition) is 2. The van der Waals surface area contributed by atoms with Crippen molar-refractivity contribution in [2.75, 3.05) is 4.72 Å². The van der Waals surface area contributed by atoms with E-state index in [1.54, 1.807) is 4.72 Å². The lowest BCUT2D eigenvalue weighted by atomic mass is 10.3. The molecule has 0 aliphatic carbocycles. The summed E-state index contributed by atoms with van der Waals surface area (Å²) in [6.45, 7) is 0.144. The molecule has 0 unspecified atom stereocenters. The first kappa shape index (κ1) is 14.8. The Bertz CT molecular complexity index is 721. The van der Waals surface area contributed by atoms with Crippen LogP contribution in [0.15, 0.2) is 27.8 Å². The van der Waals surface area contributed by atoms with Crippen molar-refractivity contribution < 1.29 is 21.6 Å². The summed E-state index contributed by atoms with van der Waals surface area (Å²) < 4.78 is 65.1. The Morgan fingerprint density at radius 1 is 1.15 bits per heavy atom. The summed E-state index contributed by atoms with van der Waals surface area (Å²) in [6.07, 6.45) is 0. The van der Waals surface area contributed by atoms with Crippen LogP contribution in [-0.4, -0.2) is 8.42 Å². The van der Waals surface area contributed by atoms with Crippen LogP contribution < -0.4 is 10.5 Å². The molecule has 0 saturated heterocycles. The van der Waals surface area contributed by atoms with Gasteiger partial charge in [-0.1, -0.05) is 0 Å². The molecule has 108 valence electrons. The molecular formula is C11H9F3N2O2S2. The van der Waals surface area contributed by atoms with Crippen LogP contribution in [0.4, 0.5) is 18.9 Å². The molecule has 0 atom stereocenters. The Kier molecular flexibility index (Phi) is 4.02. The fraction of sp³-hybridized carbons (Fsp3) is 0.0909. The molecule has 0 spiro atoms. The Hall–Kier alpha value is -1.58. The van der Waals surface area contributed by atoms with E-state index in [1.807, 2.05) is 0 Å². The largest absolute Gasteiger partial charge is 0.326 e. The molecule has 9 heteroatoms. The molecule has 0 fully saturated rings. The van der Waals surface area contributed by atoms with Crippen molar-refractivity contribution in [3.05, 3.63) is 46.6 Å². The number of benzene rings is 1. The fourth-order valence-electron chi connectivity index (χ4n) is 1.43. The summed E-state index contributed by atoms with van der Waals surface area (Å²) in [5.74, 6) is -3.80. The van der Waals surface area contributed by atoms with Crippen LogP contribution in [0, 0.1) is 17.5 Å². The van der Waals surface area contributed by atoms with Gasteiger partial charge in [0.15, 0.2) is 11.6 Å². The molecule has 0 aliphatic rings. The van der Waals surface area contributed by atoms with Crippen molar-refractivity contribution in [3.8, 4) is 0 Å². The summed E-state index contributed by atoms with van der Waals surface area (Å²) in [6, 6.07) is 2.08. The molecule has 1 aromatic heterocycles. The van der Waals surface area contributed by atoms with Crippen LogP contribution in [0.1, 0.15) is 5.56 Å². The summed E-state index contributed by atoms with van der Waals surface area (Å²) in [5.41, 5.74) is 5.01. The van der Waals surface area contributed by atoms with Gasteiger partial charge in [0, 0.05) is 18.7 Å². The van der Waals surface area contributed by atoms with Crippen LogP contribution in [0.25, 0.3) is 0 Å². The molecule has 1 aromatic carbocycles. The number of sulfonamides is 1. The van der Waals surface area contributed by atoms with Gasteiger partial charge in [-0.2, -0.15) is 0 Å². The average Bonchev–Trinajstić information content (AvgIpc) is 2.83. The van der Waals surface area contributed by atoms with E-state index in [-0.39, 0.29) is 10.8 Å². The zero-order valence-corrected chi connectivity index (χ0v) is 11.5. The summed E-state index contributed by atoms with van der Waals surface area (Å²) in [5, 5.41) is 1.52. The van der Waals surface area contributed by atoms with E-state index < -0.39 is 33.2 Å². The van der Waals surface area contributed by atoms with Crippen LogP contribution >= 0.6 is 11.3 Å². The van der Waals surface area contributed by atoms with Gasteiger partial charge in [0.25, 0.3) is 10.0 Å². The zero-order chi connectivity index (χ0) is 14.9. The Balaban J connectivity index is 2.38. The molecule has 0 bridgehead atoms. The van der Waals surface area contributed by atoms with E-state index in [4.69, 9.17) is 5.73 Å². The average molecular weight is 322 g/mol. The molecule has 2 rings (SSSR count). The van der Waals surface area contributed by atoms with Crippen LogP contribution in [0.2, 0.25) is 0 Å². The van der Waals surface area contributed by atoms with Gasteiger partial charge >= 0.3 is 0 Å². The van der Waals surface area contributed by atoms with Crippen LogP contribution in [0.3, 0.4) is 0 Å². The summed E-state index contributed by atoms with van der Waals surface area (Å²) in [7, 11) is -4.15. The molecule has 0 saturated carbocycles. The maximum Gasteiger partial charge on any atom is 0.271 e. The molecule has 20 heavy (non-hydrogen) atoms. The number of nitrogens with one attached hydrogen (secondary N) is 1. The van der Waals surface area contributed by atoms with E-state index in [0.717, 1.165) is 11.3 Å². The minimum absolute atomic E-state index is 0.138. The number of nitrogens with two attached hydrogens (primary N) is 1. The highest BCUT2D eigenvalue weighted by Gasteiger charge is 2.21. The van der Waals surface area contributed by atoms with E-state index in [0.29, 0.717) is 17.7 Å². The quantitative estimate of drug-likeness (QED) is 0.908. The van der Waals surface area contributed by atoms with Gasteiger partial charge in [-0.15, -0.1) is 11.3 Å². The third-order valence-electron chi connectivity index (χ3n) is 2.37. The van der Waals surface area contributed by atoms with Gasteiger partial charge in [0.05, 0.1) is 0 Å². The molecule has 4 nitrogen and oxygen atoms in total. The van der Waals surface area contributed by atoms with Gasteiger partial charge in [-0.3, -0.25) is 4.72 Å². The van der Waals surface area contributed by atoms with Crippen LogP contribution in [-0.2, 0) is 16.6 Å². The monoisotopic (exact) mass is 322 g/mol. The standard InChI is InChI=1S/C11H9F3N2O2S2/c12-7-2-8(13)11(9(14)3-7)16-20(17,18)10-1-6(4-15)5-19-10/h1-3,5,16H,4,15H2. The first-order valence-electron chi connectivity index (χ1n) is 5.28. The topological polar surface area (TPSA) is 72.2 Å². The second kappa shape index (κ2) is 5.43. The van der Waals surface area contributed by atoms with Gasteiger partial charge in [-0.25, -0.2) is 21.6 Å². The summed E-state index contributed by atoms with van der Waals surface area (Å²) in [4.78, 5) is 0.